The van der Waals surface area contributed by atoms with Gasteiger partial charge in [-0.1, -0.05) is 0 Å². The SMILES string of the molecule is CCC[CH2][Sn]([CH2]CCC)([CH2]CCC)[O]C1=CCCc2cc(OC)ccc21. The van der Waals surface area contributed by atoms with Crippen LogP contribution in [0.1, 0.15) is 76.8 Å². The Morgan fingerprint density at radius 2 is 1.54 bits per heavy atom. The van der Waals surface area contributed by atoms with E-state index < -0.39 is 18.8 Å². The van der Waals surface area contributed by atoms with Gasteiger partial charge in [-0.2, -0.15) is 0 Å². The molecule has 0 aliphatic heterocycles. The minimum atomic E-state index is -2.63. The van der Waals surface area contributed by atoms with Crippen LogP contribution in [0.3, 0.4) is 0 Å². The third kappa shape index (κ3) is 5.93. The Kier molecular flexibility index (Phi) is 9.38. The van der Waals surface area contributed by atoms with Gasteiger partial charge >= 0.3 is 166 Å². The van der Waals surface area contributed by atoms with Crippen LogP contribution < -0.4 is 4.74 Å². The Bertz CT molecular complexity index is 558. The first-order valence-corrected chi connectivity index (χ1v) is 18.0. The number of methoxy groups -OCH3 is 1. The standard InChI is InChI=1S/C11H12O2.3C4H9.Sn/c1-13-9-5-6-10-8(7-9)3-2-4-11(10)12;3*1-3-4-2;/h4-7,12H,2-3H2,1H3;3*1,3-4H2,2H3;/q;;;;+1/p-1. The number of aryl methyl sites for hydroxylation is 1. The molecule has 0 amide bonds. The Balaban J connectivity index is 2.27. The predicted molar refractivity (Wildman–Crippen MR) is 115 cm³/mol. The summed E-state index contributed by atoms with van der Waals surface area (Å²) in [6.07, 6.45) is 12.4. The van der Waals surface area contributed by atoms with Crippen molar-refractivity contribution in [2.75, 3.05) is 7.11 Å². The van der Waals surface area contributed by atoms with Gasteiger partial charge < -0.3 is 0 Å². The van der Waals surface area contributed by atoms with E-state index in [4.69, 9.17) is 7.81 Å². The molecule has 0 bridgehead atoms. The van der Waals surface area contributed by atoms with E-state index in [2.05, 4.69) is 45.0 Å². The molecule has 1 aliphatic rings. The van der Waals surface area contributed by atoms with E-state index in [0.717, 1.165) is 18.6 Å². The number of rotatable bonds is 12. The van der Waals surface area contributed by atoms with E-state index in [0.29, 0.717) is 0 Å². The maximum atomic E-state index is 7.12. The quantitative estimate of drug-likeness (QED) is 0.301. The van der Waals surface area contributed by atoms with Crippen LogP contribution in [-0.4, -0.2) is 25.9 Å². The molecular weight excluding hydrogens is 427 g/mol. The van der Waals surface area contributed by atoms with Crippen molar-refractivity contribution in [3.05, 3.63) is 35.4 Å². The summed E-state index contributed by atoms with van der Waals surface area (Å²) in [7, 11) is 1.75. The van der Waals surface area contributed by atoms with Crippen molar-refractivity contribution in [1.82, 2.24) is 0 Å². The topological polar surface area (TPSA) is 18.5 Å². The number of ether oxygens (including phenoxy) is 1. The molecule has 0 spiro atoms. The normalized spacial score (nSPS) is 13.9. The third-order valence-corrected chi connectivity index (χ3v) is 18.3. The van der Waals surface area contributed by atoms with Gasteiger partial charge in [0, 0.05) is 0 Å². The zero-order valence-electron chi connectivity index (χ0n) is 17.4. The molecule has 146 valence electrons. The summed E-state index contributed by atoms with van der Waals surface area (Å²) < 4.78 is 16.7. The van der Waals surface area contributed by atoms with Crippen LogP contribution in [0.2, 0.25) is 13.3 Å². The second kappa shape index (κ2) is 11.3. The van der Waals surface area contributed by atoms with Crippen molar-refractivity contribution in [1.29, 1.82) is 0 Å². The fourth-order valence-electron chi connectivity index (χ4n) is 3.97. The number of unbranched alkanes of at least 4 members (excludes halogenated alkanes) is 3. The summed E-state index contributed by atoms with van der Waals surface area (Å²) in [5, 5.41) is 0. The second-order valence-electron chi connectivity index (χ2n) is 7.73. The van der Waals surface area contributed by atoms with Crippen molar-refractivity contribution in [2.45, 2.75) is 85.4 Å². The Morgan fingerprint density at radius 1 is 0.923 bits per heavy atom. The summed E-state index contributed by atoms with van der Waals surface area (Å²) in [5.41, 5.74) is 2.71. The fraction of sp³-hybridized carbons (Fsp3) is 0.652. The van der Waals surface area contributed by atoms with E-state index in [-0.39, 0.29) is 0 Å². The van der Waals surface area contributed by atoms with Gasteiger partial charge in [-0.3, -0.25) is 0 Å². The van der Waals surface area contributed by atoms with Gasteiger partial charge in [0.05, 0.1) is 0 Å². The first-order chi connectivity index (χ1) is 12.7. The van der Waals surface area contributed by atoms with Crippen LogP contribution in [0.5, 0.6) is 5.75 Å². The monoisotopic (exact) mass is 466 g/mol. The number of allylic oxidation sites excluding steroid dienone is 1. The summed E-state index contributed by atoms with van der Waals surface area (Å²) in [6, 6.07) is 6.50. The Labute approximate surface area is 165 Å². The van der Waals surface area contributed by atoms with E-state index in [1.165, 1.54) is 68.7 Å². The molecule has 0 saturated carbocycles. The van der Waals surface area contributed by atoms with E-state index in [1.807, 2.05) is 0 Å². The first-order valence-electron chi connectivity index (χ1n) is 10.7. The molecule has 0 saturated heterocycles. The fourth-order valence-corrected chi connectivity index (χ4v) is 17.4. The van der Waals surface area contributed by atoms with Crippen molar-refractivity contribution in [3.8, 4) is 5.75 Å². The van der Waals surface area contributed by atoms with Crippen molar-refractivity contribution >= 4 is 24.6 Å². The van der Waals surface area contributed by atoms with Gasteiger partial charge in [0.25, 0.3) is 0 Å². The van der Waals surface area contributed by atoms with Crippen LogP contribution >= 0.6 is 0 Å². The Hall–Kier alpha value is -0.641. The van der Waals surface area contributed by atoms with Gasteiger partial charge in [-0.05, 0) is 0 Å². The molecule has 1 aromatic rings. The van der Waals surface area contributed by atoms with Gasteiger partial charge in [0.15, 0.2) is 0 Å². The van der Waals surface area contributed by atoms with Crippen molar-refractivity contribution in [3.63, 3.8) is 0 Å². The van der Waals surface area contributed by atoms with Gasteiger partial charge in [0.2, 0.25) is 0 Å². The molecule has 26 heavy (non-hydrogen) atoms. The summed E-state index contributed by atoms with van der Waals surface area (Å²) in [4.78, 5) is 0. The minimum absolute atomic E-state index is 0.961. The molecule has 2 nitrogen and oxygen atoms in total. The molecule has 0 radical (unpaired) electrons. The third-order valence-electron chi connectivity index (χ3n) is 5.61. The zero-order valence-corrected chi connectivity index (χ0v) is 20.3. The van der Waals surface area contributed by atoms with Crippen LogP contribution in [0.15, 0.2) is 24.3 Å². The average molecular weight is 465 g/mol. The second-order valence-corrected chi connectivity index (χ2v) is 19.3. The predicted octanol–water partition coefficient (Wildman–Crippen LogP) is 7.34. The van der Waals surface area contributed by atoms with Crippen molar-refractivity contribution < 1.29 is 7.81 Å². The maximum absolute atomic E-state index is 7.12. The summed E-state index contributed by atoms with van der Waals surface area (Å²) >= 11 is -2.63. The number of hydrogen-bond donors (Lipinski definition) is 0. The molecule has 0 atom stereocenters. The molecule has 0 fully saturated rings. The van der Waals surface area contributed by atoms with E-state index >= 15 is 0 Å². The molecule has 0 heterocycles. The summed E-state index contributed by atoms with van der Waals surface area (Å²) in [5.74, 6) is 2.16. The molecule has 1 aromatic carbocycles. The molecule has 1 aliphatic carbocycles. The molecular formula is C23H38O2Sn. The van der Waals surface area contributed by atoms with Crippen LogP contribution in [0, 0.1) is 0 Å². The molecule has 2 rings (SSSR count). The molecule has 0 unspecified atom stereocenters. The average Bonchev–Trinajstić information content (AvgIpc) is 2.68. The van der Waals surface area contributed by atoms with Gasteiger partial charge in [-0.25, -0.2) is 0 Å². The number of benzene rings is 1. The van der Waals surface area contributed by atoms with Crippen molar-refractivity contribution in [2.24, 2.45) is 0 Å². The molecule has 0 N–H and O–H groups in total. The molecule has 3 heteroatoms. The van der Waals surface area contributed by atoms with E-state index in [9.17, 15) is 0 Å². The first kappa shape index (κ1) is 21.7. The zero-order chi connectivity index (χ0) is 18.8. The summed E-state index contributed by atoms with van der Waals surface area (Å²) in [6.45, 7) is 6.95. The van der Waals surface area contributed by atoms with E-state index in [1.54, 1.807) is 7.11 Å². The van der Waals surface area contributed by atoms with Crippen LogP contribution in [-0.2, 0) is 9.49 Å². The Morgan fingerprint density at radius 3 is 2.08 bits per heavy atom. The number of hydrogen-bond acceptors (Lipinski definition) is 2. The van der Waals surface area contributed by atoms with Crippen LogP contribution in [0.25, 0.3) is 5.76 Å². The van der Waals surface area contributed by atoms with Crippen LogP contribution in [0.4, 0.5) is 0 Å². The number of fused-ring (bicyclic) bond motifs is 1. The molecule has 0 aromatic heterocycles. The van der Waals surface area contributed by atoms with Gasteiger partial charge in [0.1, 0.15) is 0 Å². The van der Waals surface area contributed by atoms with Gasteiger partial charge in [-0.15, -0.1) is 0 Å².